The SMILES string of the molecule is C[C@H](C(=O)O)C1OCCCO1. The Morgan fingerprint density at radius 2 is 2.09 bits per heavy atom. The van der Waals surface area contributed by atoms with E-state index in [9.17, 15) is 4.79 Å². The number of hydrogen-bond acceptors (Lipinski definition) is 3. The van der Waals surface area contributed by atoms with Crippen molar-refractivity contribution in [3.63, 3.8) is 0 Å². The average Bonchev–Trinajstić information content (AvgIpc) is 2.05. The number of carboxylic acids is 1. The van der Waals surface area contributed by atoms with Crippen molar-refractivity contribution in [1.82, 2.24) is 0 Å². The highest BCUT2D eigenvalue weighted by Crippen LogP contribution is 2.13. The third-order valence-electron chi connectivity index (χ3n) is 1.65. The Kier molecular flexibility index (Phi) is 2.84. The second-order valence-electron chi connectivity index (χ2n) is 2.59. The minimum Gasteiger partial charge on any atom is -0.481 e. The molecule has 1 fully saturated rings. The van der Waals surface area contributed by atoms with Crippen LogP contribution in [0.2, 0.25) is 0 Å². The minimum atomic E-state index is -0.878. The van der Waals surface area contributed by atoms with E-state index in [1.165, 1.54) is 0 Å². The molecule has 1 atom stereocenters. The van der Waals surface area contributed by atoms with Gasteiger partial charge in [0.05, 0.1) is 13.2 Å². The zero-order chi connectivity index (χ0) is 8.27. The van der Waals surface area contributed by atoms with Crippen molar-refractivity contribution >= 4 is 5.97 Å². The highest BCUT2D eigenvalue weighted by molar-refractivity contribution is 5.69. The lowest BCUT2D eigenvalue weighted by Crippen LogP contribution is -2.34. The first-order valence-electron chi connectivity index (χ1n) is 3.68. The maximum atomic E-state index is 10.4. The van der Waals surface area contributed by atoms with Crippen LogP contribution < -0.4 is 0 Å². The molecule has 1 N–H and O–H groups in total. The van der Waals surface area contributed by atoms with Gasteiger partial charge in [0.15, 0.2) is 6.29 Å². The van der Waals surface area contributed by atoms with Gasteiger partial charge in [-0.3, -0.25) is 4.79 Å². The Bertz CT molecular complexity index is 139. The van der Waals surface area contributed by atoms with Gasteiger partial charge >= 0.3 is 5.97 Å². The number of aliphatic carboxylic acids is 1. The van der Waals surface area contributed by atoms with E-state index in [2.05, 4.69) is 0 Å². The molecular formula is C7H12O4. The number of rotatable bonds is 2. The molecule has 0 saturated carbocycles. The summed E-state index contributed by atoms with van der Waals surface area (Å²) in [6.07, 6.45) is 0.296. The van der Waals surface area contributed by atoms with Crippen molar-refractivity contribution in [2.45, 2.75) is 19.6 Å². The first-order valence-corrected chi connectivity index (χ1v) is 3.68. The highest BCUT2D eigenvalue weighted by Gasteiger charge is 2.26. The average molecular weight is 160 g/mol. The molecular weight excluding hydrogens is 148 g/mol. The molecule has 0 spiro atoms. The number of carboxylic acid groups (broad SMARTS) is 1. The fraction of sp³-hybridized carbons (Fsp3) is 0.857. The lowest BCUT2D eigenvalue weighted by molar-refractivity contribution is -0.208. The van der Waals surface area contributed by atoms with Gasteiger partial charge in [-0.05, 0) is 13.3 Å². The topological polar surface area (TPSA) is 55.8 Å². The van der Waals surface area contributed by atoms with Crippen LogP contribution in [0.3, 0.4) is 0 Å². The zero-order valence-electron chi connectivity index (χ0n) is 6.45. The first-order chi connectivity index (χ1) is 5.22. The fourth-order valence-electron chi connectivity index (χ4n) is 0.911. The summed E-state index contributed by atoms with van der Waals surface area (Å²) < 4.78 is 10.2. The van der Waals surface area contributed by atoms with Crippen LogP contribution in [0.4, 0.5) is 0 Å². The highest BCUT2D eigenvalue weighted by atomic mass is 16.7. The van der Waals surface area contributed by atoms with Gasteiger partial charge in [0, 0.05) is 0 Å². The normalized spacial score (nSPS) is 23.0. The lowest BCUT2D eigenvalue weighted by Gasteiger charge is -2.25. The standard InChI is InChI=1S/C7H12O4/c1-5(6(8)9)7-10-3-2-4-11-7/h5,7H,2-4H2,1H3,(H,8,9)/t5-/m1/s1. The maximum Gasteiger partial charge on any atom is 0.311 e. The fourth-order valence-corrected chi connectivity index (χ4v) is 0.911. The van der Waals surface area contributed by atoms with E-state index in [4.69, 9.17) is 14.6 Å². The van der Waals surface area contributed by atoms with Crippen LogP contribution >= 0.6 is 0 Å². The molecule has 0 aliphatic carbocycles. The van der Waals surface area contributed by atoms with Gasteiger partial charge < -0.3 is 14.6 Å². The summed E-state index contributed by atoms with van der Waals surface area (Å²) >= 11 is 0. The summed E-state index contributed by atoms with van der Waals surface area (Å²) in [6.45, 7) is 2.78. The van der Waals surface area contributed by atoms with E-state index in [1.807, 2.05) is 0 Å². The summed E-state index contributed by atoms with van der Waals surface area (Å²) in [5, 5.41) is 8.57. The van der Waals surface area contributed by atoms with E-state index in [0.717, 1.165) is 6.42 Å². The molecule has 0 aromatic rings. The molecule has 0 unspecified atom stereocenters. The summed E-state index contributed by atoms with van der Waals surface area (Å²) in [4.78, 5) is 10.4. The Morgan fingerprint density at radius 3 is 2.55 bits per heavy atom. The molecule has 0 radical (unpaired) electrons. The molecule has 4 heteroatoms. The lowest BCUT2D eigenvalue weighted by atomic mass is 10.2. The largest absolute Gasteiger partial charge is 0.481 e. The number of hydrogen-bond donors (Lipinski definition) is 1. The van der Waals surface area contributed by atoms with E-state index < -0.39 is 18.2 Å². The summed E-state index contributed by atoms with van der Waals surface area (Å²) in [5.74, 6) is -1.45. The monoisotopic (exact) mass is 160 g/mol. The zero-order valence-corrected chi connectivity index (χ0v) is 6.45. The third kappa shape index (κ3) is 2.17. The van der Waals surface area contributed by atoms with Gasteiger partial charge in [-0.15, -0.1) is 0 Å². The summed E-state index contributed by atoms with van der Waals surface area (Å²) in [5.41, 5.74) is 0. The molecule has 1 heterocycles. The van der Waals surface area contributed by atoms with Gasteiger partial charge in [-0.25, -0.2) is 0 Å². The van der Waals surface area contributed by atoms with Crippen LogP contribution in [-0.2, 0) is 14.3 Å². The first kappa shape index (κ1) is 8.49. The van der Waals surface area contributed by atoms with Crippen LogP contribution in [-0.4, -0.2) is 30.6 Å². The van der Waals surface area contributed by atoms with Gasteiger partial charge in [0.25, 0.3) is 0 Å². The molecule has 11 heavy (non-hydrogen) atoms. The Morgan fingerprint density at radius 1 is 1.55 bits per heavy atom. The Hall–Kier alpha value is -0.610. The molecule has 1 aliphatic rings. The van der Waals surface area contributed by atoms with Crippen LogP contribution in [0.15, 0.2) is 0 Å². The molecule has 1 saturated heterocycles. The van der Waals surface area contributed by atoms with Crippen molar-refractivity contribution in [2.24, 2.45) is 5.92 Å². The molecule has 64 valence electrons. The summed E-state index contributed by atoms with van der Waals surface area (Å²) in [7, 11) is 0. The summed E-state index contributed by atoms with van der Waals surface area (Å²) in [6, 6.07) is 0. The molecule has 0 aromatic carbocycles. The Labute approximate surface area is 65.1 Å². The van der Waals surface area contributed by atoms with Crippen LogP contribution in [0.25, 0.3) is 0 Å². The van der Waals surface area contributed by atoms with E-state index in [1.54, 1.807) is 6.92 Å². The second kappa shape index (κ2) is 3.69. The van der Waals surface area contributed by atoms with Gasteiger partial charge in [0.2, 0.25) is 0 Å². The molecule has 0 amide bonds. The van der Waals surface area contributed by atoms with Gasteiger partial charge in [-0.1, -0.05) is 0 Å². The number of carbonyl (C=O) groups is 1. The van der Waals surface area contributed by atoms with Crippen molar-refractivity contribution in [3.05, 3.63) is 0 Å². The van der Waals surface area contributed by atoms with Crippen molar-refractivity contribution in [1.29, 1.82) is 0 Å². The predicted molar refractivity (Wildman–Crippen MR) is 37.1 cm³/mol. The van der Waals surface area contributed by atoms with E-state index in [0.29, 0.717) is 13.2 Å². The molecule has 1 aliphatic heterocycles. The molecule has 4 nitrogen and oxygen atoms in total. The van der Waals surface area contributed by atoms with Crippen molar-refractivity contribution in [3.8, 4) is 0 Å². The minimum absolute atomic E-state index is 0.554. The third-order valence-corrected chi connectivity index (χ3v) is 1.65. The quantitative estimate of drug-likeness (QED) is 0.638. The molecule has 0 bridgehead atoms. The van der Waals surface area contributed by atoms with E-state index in [-0.39, 0.29) is 0 Å². The molecule has 1 rings (SSSR count). The second-order valence-corrected chi connectivity index (χ2v) is 2.59. The van der Waals surface area contributed by atoms with Gasteiger partial charge in [0.1, 0.15) is 5.92 Å². The Balaban J connectivity index is 2.38. The molecule has 0 aromatic heterocycles. The van der Waals surface area contributed by atoms with Crippen molar-refractivity contribution in [2.75, 3.05) is 13.2 Å². The smallest absolute Gasteiger partial charge is 0.311 e. The predicted octanol–water partition coefficient (Wildman–Crippen LogP) is 0.470. The number of ether oxygens (including phenoxy) is 2. The van der Waals surface area contributed by atoms with Gasteiger partial charge in [-0.2, -0.15) is 0 Å². The van der Waals surface area contributed by atoms with Crippen LogP contribution in [0, 0.1) is 5.92 Å². The van der Waals surface area contributed by atoms with Crippen LogP contribution in [0.1, 0.15) is 13.3 Å². The van der Waals surface area contributed by atoms with E-state index >= 15 is 0 Å². The van der Waals surface area contributed by atoms with Crippen LogP contribution in [0.5, 0.6) is 0 Å². The van der Waals surface area contributed by atoms with Crippen molar-refractivity contribution < 1.29 is 19.4 Å². The maximum absolute atomic E-state index is 10.4.